The van der Waals surface area contributed by atoms with Crippen molar-refractivity contribution >= 4 is 0 Å². The molecule has 2 unspecified atom stereocenters. The maximum atomic E-state index is 2.85. The second-order valence-electron chi connectivity index (χ2n) is 6.72. The molecule has 0 bridgehead atoms. The van der Waals surface area contributed by atoms with E-state index in [9.17, 15) is 0 Å². The van der Waals surface area contributed by atoms with E-state index in [1.165, 1.54) is 64.8 Å². The van der Waals surface area contributed by atoms with E-state index in [0.29, 0.717) is 0 Å². The second-order valence-corrected chi connectivity index (χ2v) is 6.72. The van der Waals surface area contributed by atoms with E-state index >= 15 is 0 Å². The fourth-order valence-electron chi connectivity index (χ4n) is 4.21. The molecule has 3 rings (SSSR count). The van der Waals surface area contributed by atoms with Gasteiger partial charge in [0.2, 0.25) is 0 Å². The van der Waals surface area contributed by atoms with Gasteiger partial charge in [0.05, 0.1) is 0 Å². The Morgan fingerprint density at radius 2 is 1.61 bits per heavy atom. The van der Waals surface area contributed by atoms with Crippen molar-refractivity contribution in [1.82, 2.24) is 14.7 Å². The van der Waals surface area contributed by atoms with Crippen LogP contribution in [0.25, 0.3) is 0 Å². The lowest BCUT2D eigenvalue weighted by Gasteiger charge is -2.51. The second kappa shape index (κ2) is 5.48. The van der Waals surface area contributed by atoms with Gasteiger partial charge >= 0.3 is 0 Å². The predicted molar refractivity (Wildman–Crippen MR) is 75.9 cm³/mol. The van der Waals surface area contributed by atoms with Crippen molar-refractivity contribution in [3.63, 3.8) is 0 Å². The van der Waals surface area contributed by atoms with E-state index in [1.54, 1.807) is 0 Å². The molecule has 18 heavy (non-hydrogen) atoms. The van der Waals surface area contributed by atoms with Gasteiger partial charge in [0.15, 0.2) is 0 Å². The SMILES string of the molecule is CC1CN2CCCCC2CN1C1CCN(C)CC1. The fourth-order valence-corrected chi connectivity index (χ4v) is 4.21. The quantitative estimate of drug-likeness (QED) is 0.701. The van der Waals surface area contributed by atoms with Crippen LogP contribution in [0.2, 0.25) is 0 Å². The highest BCUT2D eigenvalue weighted by Gasteiger charge is 2.36. The number of piperazine rings is 1. The van der Waals surface area contributed by atoms with Gasteiger partial charge in [-0.3, -0.25) is 9.80 Å². The molecule has 3 saturated heterocycles. The van der Waals surface area contributed by atoms with E-state index in [0.717, 1.165) is 18.1 Å². The molecule has 3 fully saturated rings. The molecule has 3 heterocycles. The summed E-state index contributed by atoms with van der Waals surface area (Å²) in [6.45, 7) is 9.05. The molecule has 0 saturated carbocycles. The minimum Gasteiger partial charge on any atom is -0.306 e. The van der Waals surface area contributed by atoms with E-state index in [-0.39, 0.29) is 0 Å². The van der Waals surface area contributed by atoms with E-state index in [2.05, 4.69) is 28.7 Å². The minimum atomic E-state index is 0.771. The number of rotatable bonds is 1. The monoisotopic (exact) mass is 251 g/mol. The summed E-state index contributed by atoms with van der Waals surface area (Å²) < 4.78 is 0. The van der Waals surface area contributed by atoms with Gasteiger partial charge in [-0.1, -0.05) is 6.42 Å². The van der Waals surface area contributed by atoms with Crippen LogP contribution in [0.15, 0.2) is 0 Å². The summed E-state index contributed by atoms with van der Waals surface area (Å²) in [5, 5.41) is 0. The maximum absolute atomic E-state index is 2.85. The van der Waals surface area contributed by atoms with Crippen molar-refractivity contribution in [3.05, 3.63) is 0 Å². The molecule has 3 nitrogen and oxygen atoms in total. The third-order valence-electron chi connectivity index (χ3n) is 5.39. The molecule has 3 heteroatoms. The Hall–Kier alpha value is -0.120. The number of hydrogen-bond donors (Lipinski definition) is 0. The smallest absolute Gasteiger partial charge is 0.0224 e. The van der Waals surface area contributed by atoms with E-state index in [4.69, 9.17) is 0 Å². The van der Waals surface area contributed by atoms with Crippen LogP contribution in [0.1, 0.15) is 39.0 Å². The van der Waals surface area contributed by atoms with Crippen molar-refractivity contribution in [2.75, 3.05) is 39.8 Å². The first-order valence-electron chi connectivity index (χ1n) is 7.92. The Labute approximate surface area is 112 Å². The van der Waals surface area contributed by atoms with Crippen LogP contribution in [0.3, 0.4) is 0 Å². The molecular formula is C15H29N3. The molecule has 3 aliphatic heterocycles. The summed E-state index contributed by atoms with van der Waals surface area (Å²) >= 11 is 0. The Morgan fingerprint density at radius 3 is 2.39 bits per heavy atom. The van der Waals surface area contributed by atoms with Gasteiger partial charge < -0.3 is 4.90 Å². The lowest BCUT2D eigenvalue weighted by molar-refractivity contribution is -0.0209. The summed E-state index contributed by atoms with van der Waals surface area (Å²) in [6.07, 6.45) is 7.09. The van der Waals surface area contributed by atoms with Crippen LogP contribution in [0, 0.1) is 0 Å². The number of piperidine rings is 2. The van der Waals surface area contributed by atoms with Crippen LogP contribution in [-0.4, -0.2) is 72.6 Å². The predicted octanol–water partition coefficient (Wildman–Crippen LogP) is 1.64. The molecule has 2 atom stereocenters. The van der Waals surface area contributed by atoms with Gasteiger partial charge in [0.1, 0.15) is 0 Å². The summed E-state index contributed by atoms with van der Waals surface area (Å²) in [5.74, 6) is 0. The first kappa shape index (κ1) is 12.9. The summed E-state index contributed by atoms with van der Waals surface area (Å²) in [6, 6.07) is 2.50. The van der Waals surface area contributed by atoms with Gasteiger partial charge in [-0.05, 0) is 59.3 Å². The molecular weight excluding hydrogens is 222 g/mol. The normalized spacial score (nSPS) is 37.7. The zero-order chi connectivity index (χ0) is 12.5. The van der Waals surface area contributed by atoms with Gasteiger partial charge in [0.25, 0.3) is 0 Å². The molecule has 0 aromatic heterocycles. The van der Waals surface area contributed by atoms with Gasteiger partial charge in [-0.25, -0.2) is 0 Å². The van der Waals surface area contributed by atoms with Crippen molar-refractivity contribution in [2.45, 2.75) is 57.2 Å². The highest BCUT2D eigenvalue weighted by atomic mass is 15.3. The molecule has 0 spiro atoms. The van der Waals surface area contributed by atoms with E-state index < -0.39 is 0 Å². The number of fused-ring (bicyclic) bond motifs is 1. The number of nitrogens with zero attached hydrogens (tertiary/aromatic N) is 3. The highest BCUT2D eigenvalue weighted by Crippen LogP contribution is 2.28. The van der Waals surface area contributed by atoms with Crippen LogP contribution in [0.4, 0.5) is 0 Å². The number of hydrogen-bond acceptors (Lipinski definition) is 3. The standard InChI is InChI=1S/C15H29N3/c1-13-11-17-8-4-3-5-15(17)12-18(13)14-6-9-16(2)10-7-14/h13-15H,3-12H2,1-2H3. The van der Waals surface area contributed by atoms with Crippen molar-refractivity contribution in [3.8, 4) is 0 Å². The summed E-state index contributed by atoms with van der Waals surface area (Å²) in [7, 11) is 2.26. The van der Waals surface area contributed by atoms with Crippen LogP contribution in [-0.2, 0) is 0 Å². The lowest BCUT2D eigenvalue weighted by Crippen LogP contribution is -2.62. The average Bonchev–Trinajstić information content (AvgIpc) is 2.39. The molecule has 0 amide bonds. The Morgan fingerprint density at radius 1 is 0.833 bits per heavy atom. The molecule has 0 aromatic rings. The molecule has 3 aliphatic rings. The van der Waals surface area contributed by atoms with Gasteiger partial charge in [-0.2, -0.15) is 0 Å². The summed E-state index contributed by atoms with van der Waals surface area (Å²) in [5.41, 5.74) is 0. The zero-order valence-corrected chi connectivity index (χ0v) is 12.1. The number of likely N-dealkylation sites (tertiary alicyclic amines) is 1. The zero-order valence-electron chi connectivity index (χ0n) is 12.1. The Bertz CT molecular complexity index is 273. The minimum absolute atomic E-state index is 0.771. The lowest BCUT2D eigenvalue weighted by atomic mass is 9.93. The van der Waals surface area contributed by atoms with Crippen LogP contribution >= 0.6 is 0 Å². The Kier molecular flexibility index (Phi) is 3.92. The van der Waals surface area contributed by atoms with Crippen LogP contribution in [0.5, 0.6) is 0 Å². The maximum Gasteiger partial charge on any atom is 0.0224 e. The highest BCUT2D eigenvalue weighted by molar-refractivity contribution is 4.93. The Balaban J connectivity index is 1.61. The fraction of sp³-hybridized carbons (Fsp3) is 1.00. The first-order valence-corrected chi connectivity index (χ1v) is 7.92. The van der Waals surface area contributed by atoms with Crippen molar-refractivity contribution in [2.24, 2.45) is 0 Å². The van der Waals surface area contributed by atoms with Gasteiger partial charge in [0, 0.05) is 31.2 Å². The molecule has 0 aliphatic carbocycles. The third-order valence-corrected chi connectivity index (χ3v) is 5.39. The molecule has 0 N–H and O–H groups in total. The first-order chi connectivity index (χ1) is 8.74. The van der Waals surface area contributed by atoms with Crippen molar-refractivity contribution in [1.29, 1.82) is 0 Å². The molecule has 0 radical (unpaired) electrons. The summed E-state index contributed by atoms with van der Waals surface area (Å²) in [4.78, 5) is 8.09. The van der Waals surface area contributed by atoms with E-state index in [1.807, 2.05) is 0 Å². The van der Waals surface area contributed by atoms with Crippen LogP contribution < -0.4 is 0 Å². The van der Waals surface area contributed by atoms with Crippen molar-refractivity contribution < 1.29 is 0 Å². The largest absolute Gasteiger partial charge is 0.306 e. The molecule has 0 aromatic carbocycles. The third kappa shape index (κ3) is 2.59. The van der Waals surface area contributed by atoms with Gasteiger partial charge in [-0.15, -0.1) is 0 Å². The molecule has 104 valence electrons. The topological polar surface area (TPSA) is 9.72 Å². The average molecular weight is 251 g/mol.